The topological polar surface area (TPSA) is 53.2 Å². The number of hydrogen-bond acceptors (Lipinski definition) is 2. The van der Waals surface area contributed by atoms with E-state index in [0.29, 0.717) is 13.1 Å². The van der Waals surface area contributed by atoms with Gasteiger partial charge in [-0.3, -0.25) is 0 Å². The van der Waals surface area contributed by atoms with Crippen LogP contribution in [0.3, 0.4) is 0 Å². The highest BCUT2D eigenvalue weighted by atomic mass is 19.4. The number of halogens is 3. The molecule has 0 spiro atoms. The quantitative estimate of drug-likeness (QED) is 0.745. The highest BCUT2D eigenvalue weighted by Gasteiger charge is 2.54. The zero-order valence-corrected chi connectivity index (χ0v) is 12.2. The van der Waals surface area contributed by atoms with Crippen LogP contribution >= 0.6 is 0 Å². The first-order valence-electron chi connectivity index (χ1n) is 7.00. The molecular weight excluding hydrogens is 271 g/mol. The summed E-state index contributed by atoms with van der Waals surface area (Å²) in [6, 6.07) is -0.613. The molecule has 0 saturated carbocycles. The first-order chi connectivity index (χ1) is 9.18. The van der Waals surface area contributed by atoms with Crippen LogP contribution in [0.15, 0.2) is 0 Å². The maximum atomic E-state index is 13.2. The number of nitrogens with one attached hydrogen (secondary N) is 3. The minimum Gasteiger partial charge on any atom is -0.337 e. The van der Waals surface area contributed by atoms with E-state index >= 15 is 0 Å². The number of carbonyl (C=O) groups excluding carboxylic acids is 1. The summed E-state index contributed by atoms with van der Waals surface area (Å²) >= 11 is 0. The average Bonchev–Trinajstić information content (AvgIpc) is 2.36. The monoisotopic (exact) mass is 295 g/mol. The molecule has 2 amide bonds. The molecule has 1 aliphatic heterocycles. The fourth-order valence-corrected chi connectivity index (χ4v) is 2.14. The SMILES string of the molecule is CC(C)C(C)NC(=O)NCC1(C(F)(F)F)CCNCC1. The van der Waals surface area contributed by atoms with Crippen molar-refractivity contribution in [2.45, 2.75) is 45.8 Å². The standard InChI is InChI=1S/C13H24F3N3O/c1-9(2)10(3)19-11(20)18-8-12(13(14,15)16)4-6-17-7-5-12/h9-10,17H,4-8H2,1-3H3,(H2,18,19,20). The van der Waals surface area contributed by atoms with Crippen LogP contribution in [0.4, 0.5) is 18.0 Å². The number of hydrogen-bond donors (Lipinski definition) is 3. The van der Waals surface area contributed by atoms with E-state index in [9.17, 15) is 18.0 Å². The van der Waals surface area contributed by atoms with E-state index in [1.165, 1.54) is 0 Å². The molecule has 0 aromatic rings. The van der Waals surface area contributed by atoms with Gasteiger partial charge in [-0.15, -0.1) is 0 Å². The number of alkyl halides is 3. The summed E-state index contributed by atoms with van der Waals surface area (Å²) in [6.07, 6.45) is -4.31. The van der Waals surface area contributed by atoms with Crippen molar-refractivity contribution in [2.24, 2.45) is 11.3 Å². The third-order valence-electron chi connectivity index (χ3n) is 4.11. The minimum atomic E-state index is -4.30. The summed E-state index contributed by atoms with van der Waals surface area (Å²) in [5.74, 6) is 0.233. The molecule has 0 radical (unpaired) electrons. The van der Waals surface area contributed by atoms with Gasteiger partial charge in [0.05, 0.1) is 5.41 Å². The first kappa shape index (κ1) is 17.1. The Morgan fingerprint density at radius 1 is 1.25 bits per heavy atom. The van der Waals surface area contributed by atoms with E-state index in [2.05, 4.69) is 16.0 Å². The predicted octanol–water partition coefficient (Wildman–Crippen LogP) is 2.26. The van der Waals surface area contributed by atoms with Crippen LogP contribution < -0.4 is 16.0 Å². The van der Waals surface area contributed by atoms with Crippen molar-refractivity contribution in [2.75, 3.05) is 19.6 Å². The zero-order chi connectivity index (χ0) is 15.4. The Labute approximate surface area is 117 Å². The lowest BCUT2D eigenvalue weighted by Crippen LogP contribution is -2.54. The van der Waals surface area contributed by atoms with Crippen LogP contribution in [-0.4, -0.2) is 37.9 Å². The number of piperidine rings is 1. The molecule has 20 heavy (non-hydrogen) atoms. The highest BCUT2D eigenvalue weighted by Crippen LogP contribution is 2.44. The van der Waals surface area contributed by atoms with Gasteiger partial charge >= 0.3 is 12.2 Å². The van der Waals surface area contributed by atoms with E-state index in [1.807, 2.05) is 20.8 Å². The second-order valence-electron chi connectivity index (χ2n) is 5.89. The molecule has 0 aromatic carbocycles. The van der Waals surface area contributed by atoms with Crippen molar-refractivity contribution in [3.8, 4) is 0 Å². The molecule has 1 unspecified atom stereocenters. The Balaban J connectivity index is 2.57. The third kappa shape index (κ3) is 4.26. The van der Waals surface area contributed by atoms with Gasteiger partial charge in [0.2, 0.25) is 0 Å². The largest absolute Gasteiger partial charge is 0.396 e. The van der Waals surface area contributed by atoms with Crippen LogP contribution in [-0.2, 0) is 0 Å². The molecule has 0 bridgehead atoms. The zero-order valence-electron chi connectivity index (χ0n) is 12.2. The van der Waals surface area contributed by atoms with E-state index in [-0.39, 0.29) is 31.3 Å². The highest BCUT2D eigenvalue weighted by molar-refractivity contribution is 5.74. The summed E-state index contributed by atoms with van der Waals surface area (Å²) in [4.78, 5) is 11.7. The van der Waals surface area contributed by atoms with Crippen molar-refractivity contribution in [1.82, 2.24) is 16.0 Å². The van der Waals surface area contributed by atoms with Gasteiger partial charge in [0.15, 0.2) is 0 Å². The van der Waals surface area contributed by atoms with E-state index in [4.69, 9.17) is 0 Å². The normalized spacial score (nSPS) is 20.6. The lowest BCUT2D eigenvalue weighted by Gasteiger charge is -2.39. The summed E-state index contributed by atoms with van der Waals surface area (Å²) in [5, 5.41) is 7.96. The molecule has 4 nitrogen and oxygen atoms in total. The Morgan fingerprint density at radius 3 is 2.25 bits per heavy atom. The molecule has 7 heteroatoms. The molecule has 1 rings (SSSR count). The second kappa shape index (κ2) is 6.65. The van der Waals surface area contributed by atoms with Crippen molar-refractivity contribution < 1.29 is 18.0 Å². The van der Waals surface area contributed by atoms with Crippen LogP contribution in [0.5, 0.6) is 0 Å². The number of urea groups is 1. The van der Waals surface area contributed by atoms with Crippen molar-refractivity contribution in [1.29, 1.82) is 0 Å². The van der Waals surface area contributed by atoms with Gasteiger partial charge in [0.25, 0.3) is 0 Å². The molecule has 1 saturated heterocycles. The molecule has 1 aliphatic rings. The van der Waals surface area contributed by atoms with Crippen molar-refractivity contribution in [3.63, 3.8) is 0 Å². The third-order valence-corrected chi connectivity index (χ3v) is 4.11. The molecule has 0 aromatic heterocycles. The van der Waals surface area contributed by atoms with Crippen molar-refractivity contribution >= 4 is 6.03 Å². The summed E-state index contributed by atoms with van der Waals surface area (Å²) in [7, 11) is 0. The van der Waals surface area contributed by atoms with E-state index in [1.54, 1.807) is 0 Å². The summed E-state index contributed by atoms with van der Waals surface area (Å²) in [6.45, 7) is 5.99. The van der Waals surface area contributed by atoms with E-state index < -0.39 is 17.6 Å². The molecule has 118 valence electrons. The molecule has 1 heterocycles. The Kier molecular flexibility index (Phi) is 5.68. The van der Waals surface area contributed by atoms with Crippen LogP contribution in [0.25, 0.3) is 0 Å². The minimum absolute atomic E-state index is 0.00346. The molecular formula is C13H24F3N3O. The van der Waals surface area contributed by atoms with Gasteiger partial charge in [-0.05, 0) is 38.8 Å². The summed E-state index contributed by atoms with van der Waals surface area (Å²) in [5.41, 5.74) is -1.81. The molecule has 1 fully saturated rings. The van der Waals surface area contributed by atoms with Crippen molar-refractivity contribution in [3.05, 3.63) is 0 Å². The fraction of sp³-hybridized carbons (Fsp3) is 0.923. The first-order valence-corrected chi connectivity index (χ1v) is 7.00. The average molecular weight is 295 g/mol. The maximum absolute atomic E-state index is 13.2. The van der Waals surface area contributed by atoms with Gasteiger partial charge in [0.1, 0.15) is 0 Å². The smallest absolute Gasteiger partial charge is 0.337 e. The van der Waals surface area contributed by atoms with Crippen LogP contribution in [0, 0.1) is 11.3 Å². The molecule has 0 aliphatic carbocycles. The van der Waals surface area contributed by atoms with Crippen LogP contribution in [0.2, 0.25) is 0 Å². The number of rotatable bonds is 4. The van der Waals surface area contributed by atoms with E-state index in [0.717, 1.165) is 0 Å². The fourth-order valence-electron chi connectivity index (χ4n) is 2.14. The van der Waals surface area contributed by atoms with Crippen LogP contribution in [0.1, 0.15) is 33.6 Å². The number of amides is 2. The lowest BCUT2D eigenvalue weighted by atomic mass is 9.78. The second-order valence-corrected chi connectivity index (χ2v) is 5.89. The van der Waals surface area contributed by atoms with Gasteiger partial charge in [-0.25, -0.2) is 4.79 Å². The predicted molar refractivity (Wildman–Crippen MR) is 71.4 cm³/mol. The molecule has 1 atom stereocenters. The van der Waals surface area contributed by atoms with Gasteiger partial charge in [-0.2, -0.15) is 13.2 Å². The maximum Gasteiger partial charge on any atom is 0.396 e. The number of carbonyl (C=O) groups is 1. The Bertz CT molecular complexity index is 325. The Hall–Kier alpha value is -0.980. The molecule has 3 N–H and O–H groups in total. The van der Waals surface area contributed by atoms with Gasteiger partial charge in [-0.1, -0.05) is 13.8 Å². The van der Waals surface area contributed by atoms with Gasteiger partial charge < -0.3 is 16.0 Å². The summed E-state index contributed by atoms with van der Waals surface area (Å²) < 4.78 is 39.7. The lowest BCUT2D eigenvalue weighted by molar-refractivity contribution is -0.229. The Morgan fingerprint density at radius 2 is 1.80 bits per heavy atom. The van der Waals surface area contributed by atoms with Gasteiger partial charge in [0, 0.05) is 12.6 Å².